The number of fused-ring (bicyclic) bond motifs is 2. The molecule has 0 unspecified atom stereocenters. The van der Waals surface area contributed by atoms with Crippen LogP contribution in [0.2, 0.25) is 0 Å². The molecule has 4 aromatic carbocycles. The molecule has 0 aliphatic heterocycles. The van der Waals surface area contributed by atoms with E-state index >= 15 is 0 Å². The molecule has 8 nitrogen and oxygen atoms in total. The predicted molar refractivity (Wildman–Crippen MR) is 152 cm³/mol. The highest BCUT2D eigenvalue weighted by Gasteiger charge is 2.11. The van der Waals surface area contributed by atoms with Gasteiger partial charge in [-0.1, -0.05) is 24.3 Å². The molecule has 0 spiro atoms. The third kappa shape index (κ3) is 5.23. The lowest BCUT2D eigenvalue weighted by Crippen LogP contribution is -2.04. The summed E-state index contributed by atoms with van der Waals surface area (Å²) in [6, 6.07) is 23.3. The second kappa shape index (κ2) is 11.1. The molecule has 40 heavy (non-hydrogen) atoms. The van der Waals surface area contributed by atoms with E-state index in [2.05, 4.69) is 0 Å². The summed E-state index contributed by atoms with van der Waals surface area (Å²) in [7, 11) is 3.18. The smallest absolute Gasteiger partial charge is 0.200 e. The van der Waals surface area contributed by atoms with Gasteiger partial charge in [0.05, 0.1) is 36.1 Å². The standard InChI is InChI=1S/2C16H12O4/c2*1-19-12-5-2-10(3-6-12)14-9-20-15-8-11(17)4-7-13(15)16(14)18/h2*2-9,17H,1H3. The summed E-state index contributed by atoms with van der Waals surface area (Å²) in [5.74, 6) is 1.59. The molecule has 0 fully saturated rings. The van der Waals surface area contributed by atoms with Crippen molar-refractivity contribution < 1.29 is 28.5 Å². The van der Waals surface area contributed by atoms with Crippen LogP contribution < -0.4 is 20.3 Å². The summed E-state index contributed by atoms with van der Waals surface area (Å²) in [6.45, 7) is 0. The van der Waals surface area contributed by atoms with Gasteiger partial charge in [-0.15, -0.1) is 0 Å². The van der Waals surface area contributed by atoms with Gasteiger partial charge in [-0.3, -0.25) is 9.59 Å². The third-order valence-electron chi connectivity index (χ3n) is 6.32. The fourth-order valence-corrected chi connectivity index (χ4v) is 4.17. The van der Waals surface area contributed by atoms with Gasteiger partial charge in [0.25, 0.3) is 0 Å². The van der Waals surface area contributed by atoms with Crippen LogP contribution in [0.5, 0.6) is 23.0 Å². The van der Waals surface area contributed by atoms with Crippen molar-refractivity contribution >= 4 is 21.9 Å². The normalized spacial score (nSPS) is 10.7. The monoisotopic (exact) mass is 536 g/mol. The SMILES string of the molecule is COc1ccc(-c2coc3cc(O)ccc3c2=O)cc1.COc1ccc(-c2coc3cc(O)ccc3c2=O)cc1. The van der Waals surface area contributed by atoms with Gasteiger partial charge in [-0.05, 0) is 59.7 Å². The Balaban J connectivity index is 0.000000161. The van der Waals surface area contributed by atoms with Crippen molar-refractivity contribution in [2.75, 3.05) is 14.2 Å². The molecule has 0 amide bonds. The molecular formula is C32H24O8. The summed E-state index contributed by atoms with van der Waals surface area (Å²) in [4.78, 5) is 24.8. The van der Waals surface area contributed by atoms with Crippen molar-refractivity contribution in [1.29, 1.82) is 0 Å². The van der Waals surface area contributed by atoms with E-state index in [1.54, 1.807) is 74.9 Å². The molecule has 0 atom stereocenters. The highest BCUT2D eigenvalue weighted by Crippen LogP contribution is 2.25. The molecule has 2 N–H and O–H groups in total. The topological polar surface area (TPSA) is 119 Å². The quantitative estimate of drug-likeness (QED) is 0.268. The van der Waals surface area contributed by atoms with Crippen LogP contribution in [-0.4, -0.2) is 24.4 Å². The minimum Gasteiger partial charge on any atom is -0.508 e. The van der Waals surface area contributed by atoms with Crippen LogP contribution in [0.25, 0.3) is 44.2 Å². The van der Waals surface area contributed by atoms with Gasteiger partial charge in [-0.2, -0.15) is 0 Å². The molecule has 6 aromatic rings. The van der Waals surface area contributed by atoms with Gasteiger partial charge < -0.3 is 28.5 Å². The Morgan fingerprint density at radius 3 is 1.27 bits per heavy atom. The van der Waals surface area contributed by atoms with E-state index in [1.807, 2.05) is 0 Å². The summed E-state index contributed by atoms with van der Waals surface area (Å²) in [5, 5.41) is 19.7. The number of aromatic hydroxyl groups is 2. The fourth-order valence-electron chi connectivity index (χ4n) is 4.17. The molecule has 0 aliphatic rings. The molecular weight excluding hydrogens is 512 g/mol. The first-order valence-electron chi connectivity index (χ1n) is 12.2. The Hall–Kier alpha value is -5.50. The Morgan fingerprint density at radius 1 is 0.550 bits per heavy atom. The number of methoxy groups -OCH3 is 2. The van der Waals surface area contributed by atoms with E-state index in [4.69, 9.17) is 18.3 Å². The highest BCUT2D eigenvalue weighted by atomic mass is 16.5. The fraction of sp³-hybridized carbons (Fsp3) is 0.0625. The number of ether oxygens (including phenoxy) is 2. The van der Waals surface area contributed by atoms with Gasteiger partial charge in [0.2, 0.25) is 0 Å². The second-order valence-electron chi connectivity index (χ2n) is 8.77. The zero-order valence-corrected chi connectivity index (χ0v) is 21.6. The average molecular weight is 537 g/mol. The first kappa shape index (κ1) is 26.1. The average Bonchev–Trinajstić information content (AvgIpc) is 2.98. The van der Waals surface area contributed by atoms with E-state index in [9.17, 15) is 19.8 Å². The number of benzene rings is 4. The lowest BCUT2D eigenvalue weighted by Gasteiger charge is -2.04. The number of hydrogen-bond acceptors (Lipinski definition) is 8. The van der Waals surface area contributed by atoms with Crippen LogP contribution in [-0.2, 0) is 0 Å². The molecule has 2 aromatic heterocycles. The maximum Gasteiger partial charge on any atom is 0.200 e. The van der Waals surface area contributed by atoms with Crippen LogP contribution in [0.1, 0.15) is 0 Å². The second-order valence-corrected chi connectivity index (χ2v) is 8.77. The van der Waals surface area contributed by atoms with Gasteiger partial charge in [-0.25, -0.2) is 0 Å². The number of hydrogen-bond donors (Lipinski definition) is 2. The van der Waals surface area contributed by atoms with Gasteiger partial charge in [0.1, 0.15) is 46.7 Å². The van der Waals surface area contributed by atoms with E-state index in [0.717, 1.165) is 22.6 Å². The summed E-state index contributed by atoms with van der Waals surface area (Å²) in [6.07, 6.45) is 2.82. The number of phenolic OH excluding ortho intramolecular Hbond substituents is 2. The number of rotatable bonds is 4. The maximum atomic E-state index is 12.4. The van der Waals surface area contributed by atoms with Crippen LogP contribution >= 0.6 is 0 Å². The first-order valence-corrected chi connectivity index (χ1v) is 12.2. The number of phenols is 2. The van der Waals surface area contributed by atoms with E-state index in [0.29, 0.717) is 33.1 Å². The Morgan fingerprint density at radius 2 is 0.925 bits per heavy atom. The molecule has 0 saturated carbocycles. The largest absolute Gasteiger partial charge is 0.508 e. The lowest BCUT2D eigenvalue weighted by atomic mass is 10.1. The van der Waals surface area contributed by atoms with Crippen LogP contribution in [0.3, 0.4) is 0 Å². The maximum absolute atomic E-state index is 12.4. The van der Waals surface area contributed by atoms with Crippen molar-refractivity contribution in [3.05, 3.63) is 118 Å². The molecule has 8 heteroatoms. The lowest BCUT2D eigenvalue weighted by molar-refractivity contribution is 0.415. The highest BCUT2D eigenvalue weighted by molar-refractivity contribution is 5.83. The molecule has 0 aliphatic carbocycles. The summed E-state index contributed by atoms with van der Waals surface area (Å²) in [5.41, 5.74) is 2.95. The summed E-state index contributed by atoms with van der Waals surface area (Å²) >= 11 is 0. The third-order valence-corrected chi connectivity index (χ3v) is 6.32. The van der Waals surface area contributed by atoms with Crippen molar-refractivity contribution in [3.63, 3.8) is 0 Å². The molecule has 6 rings (SSSR count). The van der Waals surface area contributed by atoms with E-state index in [-0.39, 0.29) is 22.4 Å². The molecule has 200 valence electrons. The predicted octanol–water partition coefficient (Wildman–Crippen LogP) is 6.35. The molecule has 2 heterocycles. The van der Waals surface area contributed by atoms with Gasteiger partial charge in [0.15, 0.2) is 10.9 Å². The van der Waals surface area contributed by atoms with Crippen molar-refractivity contribution in [3.8, 4) is 45.3 Å². The Kier molecular flexibility index (Phi) is 7.24. The van der Waals surface area contributed by atoms with Crippen molar-refractivity contribution in [2.45, 2.75) is 0 Å². The Labute approximate surface area is 227 Å². The van der Waals surface area contributed by atoms with Crippen molar-refractivity contribution in [2.24, 2.45) is 0 Å². The molecule has 0 radical (unpaired) electrons. The first-order chi connectivity index (χ1) is 19.4. The van der Waals surface area contributed by atoms with Crippen LogP contribution in [0.4, 0.5) is 0 Å². The van der Waals surface area contributed by atoms with Crippen LogP contribution in [0, 0.1) is 0 Å². The zero-order valence-electron chi connectivity index (χ0n) is 21.6. The minimum absolute atomic E-state index is 0.0675. The van der Waals surface area contributed by atoms with Crippen molar-refractivity contribution in [1.82, 2.24) is 0 Å². The van der Waals surface area contributed by atoms with E-state index < -0.39 is 0 Å². The van der Waals surface area contributed by atoms with E-state index in [1.165, 1.54) is 36.8 Å². The minimum atomic E-state index is -0.128. The summed E-state index contributed by atoms with van der Waals surface area (Å²) < 4.78 is 21.0. The molecule has 0 saturated heterocycles. The zero-order chi connectivity index (χ0) is 28.2. The van der Waals surface area contributed by atoms with Crippen LogP contribution in [0.15, 0.2) is 116 Å². The van der Waals surface area contributed by atoms with Gasteiger partial charge in [0, 0.05) is 12.1 Å². The molecule has 0 bridgehead atoms. The Bertz CT molecular complexity index is 1770. The van der Waals surface area contributed by atoms with Gasteiger partial charge >= 0.3 is 0 Å².